The Bertz CT molecular complexity index is 1220. The van der Waals surface area contributed by atoms with Gasteiger partial charge in [0, 0.05) is 13.0 Å². The number of carboxylic acids is 1. The van der Waals surface area contributed by atoms with E-state index >= 15 is 0 Å². The van der Waals surface area contributed by atoms with E-state index in [-0.39, 0.29) is 13.0 Å². The molecule has 0 aromatic rings. The highest BCUT2D eigenvalue weighted by atomic mass is 31.2. The average molecular weight is 894 g/mol. The molecule has 3 atom stereocenters. The molecule has 0 amide bonds. The Balaban J connectivity index is 4.20. The minimum Gasteiger partial charge on any atom is -0.480 e. The molecule has 10 nitrogen and oxygen atoms in total. The quantitative estimate of drug-likeness (QED) is 0.0233. The molecule has 0 bridgehead atoms. The Morgan fingerprint density at radius 3 is 1.40 bits per heavy atom. The van der Waals surface area contributed by atoms with E-state index in [1.54, 1.807) is 0 Å². The van der Waals surface area contributed by atoms with Crippen molar-refractivity contribution >= 4 is 19.8 Å². The zero-order chi connectivity index (χ0) is 45.5. The molecular weight excluding hydrogens is 802 g/mol. The molecule has 0 aliphatic heterocycles. The predicted octanol–water partition coefficient (Wildman–Crippen LogP) is 14.4. The molecule has 0 rings (SSSR count). The number of unbranched alkanes of at least 4 members (excludes halogenated alkanes) is 23. The van der Waals surface area contributed by atoms with E-state index in [9.17, 15) is 19.0 Å². The van der Waals surface area contributed by atoms with Crippen LogP contribution in [-0.2, 0) is 32.7 Å². The smallest absolute Gasteiger partial charge is 0.472 e. The standard InChI is InChI=1S/C51H92NO9P/c1-3-5-7-9-11-13-15-17-19-21-23-25-27-29-31-33-35-37-39-41-43-50(53)61-48(46-59-62(56,57)60-47-49(52)51(54)55)45-58-44-42-40-38-36-34-32-30-28-26-24-22-20-18-16-14-12-10-8-6-4-2/h6,8,12,14,18,20,24,26,30,32,48-49H,3-5,7,9-11,13,15-17,19,21-23,25,27-29,31,33-47,52H2,1-2H3,(H,54,55)(H,56,57)/b8-6-,14-12-,20-18-,26-24-,32-30-. The molecule has 0 spiro atoms. The van der Waals surface area contributed by atoms with E-state index < -0.39 is 45.1 Å². The molecular formula is C51H92NO9P. The Hall–Kier alpha value is -2.33. The first kappa shape index (κ1) is 59.7. The lowest BCUT2D eigenvalue weighted by Crippen LogP contribution is -2.34. The number of phosphoric acid groups is 1. The maximum atomic E-state index is 12.7. The number of nitrogens with two attached hydrogens (primary N) is 1. The predicted molar refractivity (Wildman–Crippen MR) is 258 cm³/mol. The summed E-state index contributed by atoms with van der Waals surface area (Å²) in [5.74, 6) is -1.79. The number of hydrogen-bond acceptors (Lipinski definition) is 8. The second-order valence-electron chi connectivity index (χ2n) is 16.6. The average Bonchev–Trinajstić information content (AvgIpc) is 3.25. The van der Waals surface area contributed by atoms with Gasteiger partial charge in [-0.25, -0.2) is 4.57 Å². The highest BCUT2D eigenvalue weighted by molar-refractivity contribution is 7.47. The fraction of sp³-hybridized carbons (Fsp3) is 0.765. The molecule has 0 aliphatic rings. The van der Waals surface area contributed by atoms with Crippen molar-refractivity contribution in [2.45, 2.75) is 225 Å². The highest BCUT2D eigenvalue weighted by Gasteiger charge is 2.27. The minimum atomic E-state index is -4.63. The summed E-state index contributed by atoms with van der Waals surface area (Å²) in [6.07, 6.45) is 57.1. The molecule has 0 aromatic carbocycles. The van der Waals surface area contributed by atoms with E-state index in [2.05, 4.69) is 74.6 Å². The van der Waals surface area contributed by atoms with Gasteiger partial charge in [0.2, 0.25) is 0 Å². The fourth-order valence-corrected chi connectivity index (χ4v) is 7.53. The molecule has 0 heterocycles. The summed E-state index contributed by atoms with van der Waals surface area (Å²) in [6, 6.07) is -1.48. The van der Waals surface area contributed by atoms with Crippen molar-refractivity contribution < 1.29 is 42.7 Å². The minimum absolute atomic E-state index is 0.000327. The van der Waals surface area contributed by atoms with Gasteiger partial charge in [0.1, 0.15) is 12.1 Å². The lowest BCUT2D eigenvalue weighted by molar-refractivity contribution is -0.154. The van der Waals surface area contributed by atoms with Crippen molar-refractivity contribution in [3.8, 4) is 0 Å². The van der Waals surface area contributed by atoms with Crippen LogP contribution in [-0.4, -0.2) is 60.5 Å². The van der Waals surface area contributed by atoms with Gasteiger partial charge in [-0.15, -0.1) is 0 Å². The number of rotatable bonds is 47. The molecule has 11 heteroatoms. The maximum absolute atomic E-state index is 12.7. The van der Waals surface area contributed by atoms with Crippen molar-refractivity contribution in [2.75, 3.05) is 26.4 Å². The van der Waals surface area contributed by atoms with Gasteiger partial charge in [0.05, 0.1) is 19.8 Å². The summed E-state index contributed by atoms with van der Waals surface area (Å²) in [6.45, 7) is 3.73. The lowest BCUT2D eigenvalue weighted by Gasteiger charge is -2.20. The summed E-state index contributed by atoms with van der Waals surface area (Å²) < 4.78 is 33.5. The van der Waals surface area contributed by atoms with Gasteiger partial charge < -0.3 is 25.2 Å². The van der Waals surface area contributed by atoms with Gasteiger partial charge >= 0.3 is 19.8 Å². The summed E-state index contributed by atoms with van der Waals surface area (Å²) in [5.41, 5.74) is 5.37. The summed E-state index contributed by atoms with van der Waals surface area (Å²) in [4.78, 5) is 33.7. The monoisotopic (exact) mass is 894 g/mol. The number of hydrogen-bond donors (Lipinski definition) is 3. The van der Waals surface area contributed by atoms with Crippen LogP contribution in [0.1, 0.15) is 213 Å². The number of allylic oxidation sites excluding steroid dienone is 10. The van der Waals surface area contributed by atoms with Crippen LogP contribution in [0, 0.1) is 0 Å². The molecule has 3 unspecified atom stereocenters. The van der Waals surface area contributed by atoms with Gasteiger partial charge in [0.15, 0.2) is 0 Å². The van der Waals surface area contributed by atoms with Crippen LogP contribution in [0.25, 0.3) is 0 Å². The first-order valence-corrected chi connectivity index (χ1v) is 26.3. The molecule has 0 saturated heterocycles. The van der Waals surface area contributed by atoms with Crippen molar-refractivity contribution in [1.82, 2.24) is 0 Å². The molecule has 0 radical (unpaired) electrons. The number of carbonyl (C=O) groups is 2. The summed E-state index contributed by atoms with van der Waals surface area (Å²) in [5, 5.41) is 8.92. The molecule has 0 aliphatic carbocycles. The van der Waals surface area contributed by atoms with Crippen molar-refractivity contribution in [2.24, 2.45) is 5.73 Å². The van der Waals surface area contributed by atoms with Crippen molar-refractivity contribution in [3.05, 3.63) is 60.8 Å². The van der Waals surface area contributed by atoms with Crippen LogP contribution in [0.5, 0.6) is 0 Å². The third kappa shape index (κ3) is 45.7. The van der Waals surface area contributed by atoms with Crippen LogP contribution >= 0.6 is 7.82 Å². The first-order valence-electron chi connectivity index (χ1n) is 24.8. The van der Waals surface area contributed by atoms with Crippen LogP contribution in [0.2, 0.25) is 0 Å². The summed E-state index contributed by atoms with van der Waals surface area (Å²) in [7, 11) is -4.63. The highest BCUT2D eigenvalue weighted by Crippen LogP contribution is 2.43. The van der Waals surface area contributed by atoms with Crippen LogP contribution < -0.4 is 5.73 Å². The number of esters is 1. The van der Waals surface area contributed by atoms with Gasteiger partial charge in [-0.1, -0.05) is 209 Å². The Morgan fingerprint density at radius 1 is 0.532 bits per heavy atom. The molecule has 0 fully saturated rings. The van der Waals surface area contributed by atoms with Crippen molar-refractivity contribution in [3.63, 3.8) is 0 Å². The SMILES string of the molecule is CC/C=C\C/C=C\C/C=C\C/C=C\C/C=C\CCCCCCOCC(COP(=O)(O)OCC(N)C(=O)O)OC(=O)CCCCCCCCCCCCCCCCCCCCCC. The summed E-state index contributed by atoms with van der Waals surface area (Å²) >= 11 is 0. The van der Waals surface area contributed by atoms with Crippen LogP contribution in [0.4, 0.5) is 0 Å². The van der Waals surface area contributed by atoms with Gasteiger partial charge in [-0.05, 0) is 57.8 Å². The molecule has 360 valence electrons. The molecule has 62 heavy (non-hydrogen) atoms. The topological polar surface area (TPSA) is 155 Å². The Kier molecular flexibility index (Phi) is 44.9. The van der Waals surface area contributed by atoms with E-state index in [0.29, 0.717) is 13.0 Å². The first-order chi connectivity index (χ1) is 30.2. The van der Waals surface area contributed by atoms with E-state index in [0.717, 1.165) is 77.0 Å². The number of carboxylic acid groups (broad SMARTS) is 1. The van der Waals surface area contributed by atoms with E-state index in [1.165, 1.54) is 109 Å². The lowest BCUT2D eigenvalue weighted by atomic mass is 10.0. The van der Waals surface area contributed by atoms with Gasteiger partial charge in [-0.3, -0.25) is 18.6 Å². The molecule has 0 aromatic heterocycles. The third-order valence-corrected chi connectivity index (χ3v) is 11.5. The van der Waals surface area contributed by atoms with Gasteiger partial charge in [0.25, 0.3) is 0 Å². The van der Waals surface area contributed by atoms with Crippen LogP contribution in [0.3, 0.4) is 0 Å². The zero-order valence-corrected chi connectivity index (χ0v) is 40.3. The van der Waals surface area contributed by atoms with Crippen LogP contribution in [0.15, 0.2) is 60.8 Å². The number of phosphoric ester groups is 1. The number of aliphatic carboxylic acids is 1. The fourth-order valence-electron chi connectivity index (χ4n) is 6.75. The van der Waals surface area contributed by atoms with Crippen molar-refractivity contribution in [1.29, 1.82) is 0 Å². The van der Waals surface area contributed by atoms with E-state index in [1.807, 2.05) is 0 Å². The normalized spacial score (nSPS) is 14.3. The largest absolute Gasteiger partial charge is 0.480 e. The zero-order valence-electron chi connectivity index (χ0n) is 39.5. The molecule has 0 saturated carbocycles. The second kappa shape index (κ2) is 46.7. The van der Waals surface area contributed by atoms with E-state index in [4.69, 9.17) is 29.4 Å². The Morgan fingerprint density at radius 2 is 0.935 bits per heavy atom. The Labute approximate surface area is 379 Å². The number of ether oxygens (including phenoxy) is 2. The molecule has 4 N–H and O–H groups in total. The second-order valence-corrected chi connectivity index (χ2v) is 18.0. The third-order valence-electron chi connectivity index (χ3n) is 10.6. The number of carbonyl (C=O) groups excluding carboxylic acids is 1. The maximum Gasteiger partial charge on any atom is 0.472 e. The van der Waals surface area contributed by atoms with Gasteiger partial charge in [-0.2, -0.15) is 0 Å².